The van der Waals surface area contributed by atoms with Crippen molar-refractivity contribution in [3.8, 4) is 0 Å². The minimum absolute atomic E-state index is 0.111. The Morgan fingerprint density at radius 1 is 0.941 bits per heavy atom. The number of rotatable bonds is 1. The molecule has 17 heavy (non-hydrogen) atoms. The van der Waals surface area contributed by atoms with Gasteiger partial charge < -0.3 is 4.90 Å². The molecule has 0 atom stereocenters. The average Bonchev–Trinajstić information content (AvgIpc) is 2.14. The minimum Gasteiger partial charge on any atom is -0.360 e. The molecule has 1 heterocycles. The van der Waals surface area contributed by atoms with Gasteiger partial charge in [0.2, 0.25) is 0 Å². The second-order valence-corrected chi connectivity index (χ2v) is 6.19. The lowest BCUT2D eigenvalue weighted by Crippen LogP contribution is -2.61. The van der Waals surface area contributed by atoms with Gasteiger partial charge in [-0.15, -0.1) is 0 Å². The van der Waals surface area contributed by atoms with Gasteiger partial charge in [-0.2, -0.15) is 0 Å². The zero-order valence-electron chi connectivity index (χ0n) is 11.2. The lowest BCUT2D eigenvalue weighted by molar-refractivity contribution is -0.123. The van der Waals surface area contributed by atoms with Crippen molar-refractivity contribution in [2.75, 3.05) is 4.90 Å². The smallest absolute Gasteiger partial charge is 0.137 e. The van der Waals surface area contributed by atoms with Crippen molar-refractivity contribution in [1.82, 2.24) is 0 Å². The van der Waals surface area contributed by atoms with Gasteiger partial charge >= 0.3 is 0 Å². The van der Waals surface area contributed by atoms with Crippen LogP contribution in [0.2, 0.25) is 0 Å². The van der Waals surface area contributed by atoms with Crippen molar-refractivity contribution in [2.45, 2.75) is 51.6 Å². The molecule has 0 spiro atoms. The molecular formula is C15H21NO. The molecule has 0 radical (unpaired) electrons. The summed E-state index contributed by atoms with van der Waals surface area (Å²) in [6.45, 7) is 8.61. The SMILES string of the molecule is CC1(C)CC(=O)CC(C)(C)N1c1ccccc1. The highest BCUT2D eigenvalue weighted by Gasteiger charge is 2.44. The van der Waals surface area contributed by atoms with Crippen molar-refractivity contribution in [1.29, 1.82) is 0 Å². The third-order valence-corrected chi connectivity index (χ3v) is 3.48. The maximum absolute atomic E-state index is 11.8. The van der Waals surface area contributed by atoms with E-state index in [1.165, 1.54) is 5.69 Å². The molecule has 0 bridgehead atoms. The van der Waals surface area contributed by atoms with Gasteiger partial charge in [0, 0.05) is 29.6 Å². The molecule has 92 valence electrons. The lowest BCUT2D eigenvalue weighted by atomic mass is 9.78. The highest BCUT2D eigenvalue weighted by Crippen LogP contribution is 2.40. The van der Waals surface area contributed by atoms with Crippen molar-refractivity contribution in [2.24, 2.45) is 0 Å². The Balaban J connectivity index is 2.45. The van der Waals surface area contributed by atoms with E-state index in [4.69, 9.17) is 0 Å². The zero-order valence-corrected chi connectivity index (χ0v) is 11.2. The van der Waals surface area contributed by atoms with Crippen LogP contribution in [0.15, 0.2) is 30.3 Å². The van der Waals surface area contributed by atoms with Crippen molar-refractivity contribution < 1.29 is 4.79 Å². The fourth-order valence-corrected chi connectivity index (χ4v) is 3.28. The largest absolute Gasteiger partial charge is 0.360 e. The van der Waals surface area contributed by atoms with Crippen molar-refractivity contribution >= 4 is 11.5 Å². The van der Waals surface area contributed by atoms with Crippen LogP contribution in [0.3, 0.4) is 0 Å². The standard InChI is InChI=1S/C15H21NO/c1-14(2)10-13(17)11-15(3,4)16(14)12-8-6-5-7-9-12/h5-9H,10-11H2,1-4H3. The van der Waals surface area contributed by atoms with Gasteiger partial charge in [-0.25, -0.2) is 0 Å². The van der Waals surface area contributed by atoms with E-state index < -0.39 is 0 Å². The second kappa shape index (κ2) is 3.86. The van der Waals surface area contributed by atoms with Crippen LogP contribution in [0.4, 0.5) is 5.69 Å². The Morgan fingerprint density at radius 2 is 1.41 bits per heavy atom. The first-order valence-corrected chi connectivity index (χ1v) is 6.20. The molecule has 1 aromatic carbocycles. The van der Waals surface area contributed by atoms with Gasteiger partial charge in [0.25, 0.3) is 0 Å². The molecule has 0 N–H and O–H groups in total. The number of anilines is 1. The Kier molecular flexibility index (Phi) is 2.76. The molecule has 0 aromatic heterocycles. The van der Waals surface area contributed by atoms with Crippen LogP contribution < -0.4 is 4.90 Å². The van der Waals surface area contributed by atoms with Crippen LogP contribution in [0, 0.1) is 0 Å². The molecule has 2 nitrogen and oxygen atoms in total. The number of hydrogen-bond donors (Lipinski definition) is 0. The molecule has 2 rings (SSSR count). The Bertz CT molecular complexity index is 400. The zero-order chi connectivity index (χ0) is 12.7. The van der Waals surface area contributed by atoms with Crippen LogP contribution in [0.5, 0.6) is 0 Å². The maximum atomic E-state index is 11.8. The van der Waals surface area contributed by atoms with E-state index >= 15 is 0 Å². The van der Waals surface area contributed by atoms with E-state index in [0.29, 0.717) is 18.6 Å². The van der Waals surface area contributed by atoms with Crippen molar-refractivity contribution in [3.63, 3.8) is 0 Å². The van der Waals surface area contributed by atoms with Gasteiger partial charge in [0.1, 0.15) is 5.78 Å². The minimum atomic E-state index is -0.111. The highest BCUT2D eigenvalue weighted by molar-refractivity contribution is 5.84. The van der Waals surface area contributed by atoms with Gasteiger partial charge in [-0.1, -0.05) is 18.2 Å². The van der Waals surface area contributed by atoms with E-state index in [9.17, 15) is 4.79 Å². The van der Waals surface area contributed by atoms with Crippen LogP contribution >= 0.6 is 0 Å². The number of carbonyl (C=O) groups is 1. The third-order valence-electron chi connectivity index (χ3n) is 3.48. The topological polar surface area (TPSA) is 20.3 Å². The van der Waals surface area contributed by atoms with Gasteiger partial charge in [0.05, 0.1) is 0 Å². The molecule has 2 heteroatoms. The Hall–Kier alpha value is -1.31. The van der Waals surface area contributed by atoms with Crippen LogP contribution in [0.25, 0.3) is 0 Å². The summed E-state index contributed by atoms with van der Waals surface area (Å²) >= 11 is 0. The first-order chi connectivity index (χ1) is 7.83. The van der Waals surface area contributed by atoms with E-state index in [2.05, 4.69) is 56.9 Å². The summed E-state index contributed by atoms with van der Waals surface area (Å²) in [5.41, 5.74) is 0.982. The molecular weight excluding hydrogens is 210 g/mol. The fourth-order valence-electron chi connectivity index (χ4n) is 3.28. The quantitative estimate of drug-likeness (QED) is 0.738. The maximum Gasteiger partial charge on any atom is 0.137 e. The molecule has 1 aliphatic rings. The summed E-state index contributed by atoms with van der Waals surface area (Å²) in [4.78, 5) is 14.2. The molecule has 1 aliphatic heterocycles. The first kappa shape index (κ1) is 12.2. The fraction of sp³-hybridized carbons (Fsp3) is 0.533. The first-order valence-electron chi connectivity index (χ1n) is 6.20. The Labute approximate surface area is 104 Å². The molecule has 1 aromatic rings. The number of nitrogens with zero attached hydrogens (tertiary/aromatic N) is 1. The van der Waals surface area contributed by atoms with E-state index in [-0.39, 0.29) is 11.1 Å². The molecule has 1 saturated heterocycles. The predicted molar refractivity (Wildman–Crippen MR) is 71.3 cm³/mol. The number of Topliss-reactive ketones (excluding diaryl/α,β-unsaturated/α-hetero) is 1. The lowest BCUT2D eigenvalue weighted by Gasteiger charge is -2.53. The van der Waals surface area contributed by atoms with Crippen LogP contribution in [0.1, 0.15) is 40.5 Å². The molecule has 0 amide bonds. The van der Waals surface area contributed by atoms with Crippen LogP contribution in [-0.4, -0.2) is 16.9 Å². The predicted octanol–water partition coefficient (Wildman–Crippen LogP) is 3.41. The van der Waals surface area contributed by atoms with E-state index in [1.807, 2.05) is 6.07 Å². The molecule has 0 saturated carbocycles. The molecule has 1 fully saturated rings. The van der Waals surface area contributed by atoms with Crippen molar-refractivity contribution in [3.05, 3.63) is 30.3 Å². The number of benzene rings is 1. The number of carbonyl (C=O) groups excluding carboxylic acids is 1. The second-order valence-electron chi connectivity index (χ2n) is 6.19. The molecule has 0 unspecified atom stereocenters. The summed E-state index contributed by atoms with van der Waals surface area (Å²) in [5, 5.41) is 0. The van der Waals surface area contributed by atoms with E-state index in [1.54, 1.807) is 0 Å². The number of hydrogen-bond acceptors (Lipinski definition) is 2. The molecule has 0 aliphatic carbocycles. The van der Waals surface area contributed by atoms with Gasteiger partial charge in [0.15, 0.2) is 0 Å². The summed E-state index contributed by atoms with van der Waals surface area (Å²) < 4.78 is 0. The Morgan fingerprint density at radius 3 is 1.88 bits per heavy atom. The van der Waals surface area contributed by atoms with E-state index in [0.717, 1.165) is 0 Å². The average molecular weight is 231 g/mol. The number of ketones is 1. The summed E-state index contributed by atoms with van der Waals surface area (Å²) in [6, 6.07) is 10.4. The van der Waals surface area contributed by atoms with Gasteiger partial charge in [-0.3, -0.25) is 4.79 Å². The summed E-state index contributed by atoms with van der Waals surface area (Å²) in [6.07, 6.45) is 1.26. The van der Waals surface area contributed by atoms with Gasteiger partial charge in [-0.05, 0) is 39.8 Å². The highest BCUT2D eigenvalue weighted by atomic mass is 16.1. The number of para-hydroxylation sites is 1. The normalized spacial score (nSPS) is 22.6. The monoisotopic (exact) mass is 231 g/mol. The third kappa shape index (κ3) is 2.21. The number of piperidine rings is 1. The summed E-state index contributed by atoms with van der Waals surface area (Å²) in [7, 11) is 0. The van der Waals surface area contributed by atoms with Crippen LogP contribution in [-0.2, 0) is 4.79 Å². The summed E-state index contributed by atoms with van der Waals surface area (Å²) in [5.74, 6) is 0.368.